The number of hydrogen-bond donors (Lipinski definition) is 0. The summed E-state index contributed by atoms with van der Waals surface area (Å²) in [6.45, 7) is 4.28. The minimum Gasteiger partial charge on any atom is -0.487 e. The van der Waals surface area contributed by atoms with Crippen LogP contribution in [0, 0.1) is 29.2 Å². The lowest BCUT2D eigenvalue weighted by Crippen LogP contribution is -2.33. The normalized spacial score (nSPS) is 13.9. The van der Waals surface area contributed by atoms with Crippen LogP contribution >= 0.6 is 0 Å². The average Bonchev–Trinajstić information content (AvgIpc) is 3.58. The van der Waals surface area contributed by atoms with Crippen LogP contribution in [-0.4, -0.2) is 49.4 Å². The highest BCUT2D eigenvalue weighted by molar-refractivity contribution is 6.41. The van der Waals surface area contributed by atoms with Crippen LogP contribution in [0.1, 0.15) is 44.9 Å². The third kappa shape index (κ3) is 6.10. The van der Waals surface area contributed by atoms with Gasteiger partial charge in [0.15, 0.2) is 23.3 Å². The molecule has 2 aromatic rings. The number of allylic oxidation sites excluding steroid dienone is 2. The van der Waals surface area contributed by atoms with Crippen LogP contribution in [0.4, 0.5) is 26.2 Å². The van der Waals surface area contributed by atoms with Crippen LogP contribution < -0.4 is 4.74 Å². The van der Waals surface area contributed by atoms with Gasteiger partial charge in [0.1, 0.15) is 0 Å². The summed E-state index contributed by atoms with van der Waals surface area (Å²) in [6, 6.07) is 2.15. The first-order valence-electron chi connectivity index (χ1n) is 12.4. The Labute approximate surface area is 226 Å². The molecule has 0 N–H and O–H groups in total. The van der Waals surface area contributed by atoms with Crippen molar-refractivity contribution in [3.63, 3.8) is 0 Å². The maximum absolute atomic E-state index is 15.4. The number of ether oxygens (including phenoxy) is 3. The standard InChI is InChI=1S/C26H25BF6N2O5/c1-4-7-13-40-24-22(30)20(28)19(21(29)23(24)31)17(16-9-8-12-35(16)27(32)33)14-10-11-15(34-14)18(25(36)38-5-2)26(37)39-6-3/h8-12,18H,4-7,13H2,1-3H3/b17-14-. The van der Waals surface area contributed by atoms with Gasteiger partial charge in [0.25, 0.3) is 0 Å². The predicted octanol–water partition coefficient (Wildman–Crippen LogP) is 5.51. The second kappa shape index (κ2) is 13.4. The molecule has 1 aromatic heterocycles. The molecule has 2 heterocycles. The molecule has 3 rings (SSSR count). The van der Waals surface area contributed by atoms with Crippen molar-refractivity contribution in [3.05, 3.63) is 70.7 Å². The first kappa shape index (κ1) is 30.6. The quantitative estimate of drug-likeness (QED) is 0.0841. The van der Waals surface area contributed by atoms with Gasteiger partial charge in [0, 0.05) is 11.3 Å². The Morgan fingerprint density at radius 1 is 0.950 bits per heavy atom. The van der Waals surface area contributed by atoms with Crippen LogP contribution in [0.25, 0.3) is 5.57 Å². The molecule has 7 nitrogen and oxygen atoms in total. The Hall–Kier alpha value is -3.97. The van der Waals surface area contributed by atoms with E-state index in [0.29, 0.717) is 17.3 Å². The van der Waals surface area contributed by atoms with Gasteiger partial charge in [0.05, 0.1) is 36.8 Å². The van der Waals surface area contributed by atoms with E-state index in [1.165, 1.54) is 13.8 Å². The van der Waals surface area contributed by atoms with Crippen molar-refractivity contribution in [3.8, 4) is 5.75 Å². The van der Waals surface area contributed by atoms with Gasteiger partial charge in [-0.1, -0.05) is 13.3 Å². The number of carbonyl (C=O) groups is 2. The van der Waals surface area contributed by atoms with E-state index in [1.54, 1.807) is 6.92 Å². The molecule has 0 aliphatic carbocycles. The van der Waals surface area contributed by atoms with Crippen LogP contribution in [0.2, 0.25) is 0 Å². The summed E-state index contributed by atoms with van der Waals surface area (Å²) in [4.78, 5) is 29.1. The number of nitrogens with zero attached hydrogens (tertiary/aromatic N) is 2. The van der Waals surface area contributed by atoms with E-state index in [2.05, 4.69) is 4.99 Å². The average molecular weight is 570 g/mol. The molecule has 0 bridgehead atoms. The first-order chi connectivity index (χ1) is 19.1. The lowest BCUT2D eigenvalue weighted by atomic mass is 9.97. The highest BCUT2D eigenvalue weighted by atomic mass is 19.2. The Morgan fingerprint density at radius 3 is 2.08 bits per heavy atom. The van der Waals surface area contributed by atoms with Crippen LogP contribution in [0.15, 0.2) is 41.2 Å². The van der Waals surface area contributed by atoms with Crippen molar-refractivity contribution >= 4 is 30.6 Å². The van der Waals surface area contributed by atoms with Gasteiger partial charge in [-0.05, 0) is 50.7 Å². The molecule has 0 amide bonds. The molecule has 1 aromatic carbocycles. The number of rotatable bonds is 12. The number of unbranched alkanes of at least 4 members (excludes halogenated alkanes) is 1. The van der Waals surface area contributed by atoms with Crippen molar-refractivity contribution in [2.24, 2.45) is 10.9 Å². The Bertz CT molecular complexity index is 1320. The van der Waals surface area contributed by atoms with Gasteiger partial charge in [-0.25, -0.2) is 8.78 Å². The van der Waals surface area contributed by atoms with Gasteiger partial charge in [-0.15, -0.1) is 0 Å². The fraction of sp³-hybridized carbons (Fsp3) is 0.346. The number of benzene rings is 1. The third-order valence-corrected chi connectivity index (χ3v) is 5.72. The zero-order valence-corrected chi connectivity index (χ0v) is 21.8. The third-order valence-electron chi connectivity index (χ3n) is 5.72. The van der Waals surface area contributed by atoms with Gasteiger partial charge >= 0.3 is 19.3 Å². The summed E-state index contributed by atoms with van der Waals surface area (Å²) in [7, 11) is -3.22. The van der Waals surface area contributed by atoms with E-state index < -0.39 is 76.8 Å². The van der Waals surface area contributed by atoms with E-state index >= 15 is 17.6 Å². The van der Waals surface area contributed by atoms with Crippen molar-refractivity contribution in [2.45, 2.75) is 33.6 Å². The minimum atomic E-state index is -3.22. The maximum atomic E-state index is 15.4. The Kier molecular flexibility index (Phi) is 10.2. The molecule has 0 saturated carbocycles. The molecule has 40 heavy (non-hydrogen) atoms. The van der Waals surface area contributed by atoms with Gasteiger partial charge in [-0.3, -0.25) is 23.2 Å². The van der Waals surface area contributed by atoms with E-state index in [-0.39, 0.29) is 25.5 Å². The van der Waals surface area contributed by atoms with Crippen molar-refractivity contribution in [1.29, 1.82) is 0 Å². The second-order valence-electron chi connectivity index (χ2n) is 8.31. The summed E-state index contributed by atoms with van der Waals surface area (Å²) in [6.07, 6.45) is 3.95. The second-order valence-corrected chi connectivity index (χ2v) is 8.31. The molecular weight excluding hydrogens is 545 g/mol. The minimum absolute atomic E-state index is 0.108. The molecule has 1 aliphatic rings. The number of carbonyl (C=O) groups excluding carboxylic acids is 2. The fourth-order valence-corrected chi connectivity index (χ4v) is 3.91. The van der Waals surface area contributed by atoms with E-state index in [1.807, 2.05) is 0 Å². The molecule has 1 aliphatic heterocycles. The summed E-state index contributed by atoms with van der Waals surface area (Å²) in [5, 5.41) is 0. The molecule has 0 spiro atoms. The van der Waals surface area contributed by atoms with E-state index in [9.17, 15) is 18.2 Å². The van der Waals surface area contributed by atoms with Crippen molar-refractivity contribution in [2.75, 3.05) is 19.8 Å². The number of esters is 2. The number of hydrogen-bond acceptors (Lipinski definition) is 6. The summed E-state index contributed by atoms with van der Waals surface area (Å²) < 4.78 is 104. The summed E-state index contributed by atoms with van der Waals surface area (Å²) in [5.74, 6) is -12.7. The zero-order chi connectivity index (χ0) is 29.6. The molecule has 0 unspecified atom stereocenters. The van der Waals surface area contributed by atoms with E-state index in [0.717, 1.165) is 30.5 Å². The smallest absolute Gasteiger partial charge is 0.487 e. The number of aliphatic imine (C=N–C) groups is 1. The number of halogens is 6. The Morgan fingerprint density at radius 2 is 1.55 bits per heavy atom. The monoisotopic (exact) mass is 570 g/mol. The Balaban J connectivity index is 2.31. The maximum Gasteiger partial charge on any atom is 0.677 e. The van der Waals surface area contributed by atoms with Gasteiger partial charge in [0.2, 0.25) is 11.6 Å². The van der Waals surface area contributed by atoms with Crippen LogP contribution in [0.3, 0.4) is 0 Å². The van der Waals surface area contributed by atoms with Crippen LogP contribution in [-0.2, 0) is 19.1 Å². The van der Waals surface area contributed by atoms with Gasteiger partial charge in [-0.2, -0.15) is 8.78 Å². The molecule has 0 radical (unpaired) electrons. The van der Waals surface area contributed by atoms with Gasteiger partial charge < -0.3 is 18.7 Å². The lowest BCUT2D eigenvalue weighted by Gasteiger charge is -2.17. The molecule has 0 atom stereocenters. The highest BCUT2D eigenvalue weighted by Gasteiger charge is 2.37. The molecule has 14 heteroatoms. The molecule has 214 valence electrons. The largest absolute Gasteiger partial charge is 0.677 e. The fourth-order valence-electron chi connectivity index (χ4n) is 3.91. The zero-order valence-electron chi connectivity index (χ0n) is 21.8. The predicted molar refractivity (Wildman–Crippen MR) is 134 cm³/mol. The SMILES string of the molecule is CCCCOc1c(F)c(F)c(/C(=C2/C=CC(C(C(=O)OCC)C(=O)OCC)=N2)c2cccn2B(F)F)c(F)c1F. The summed E-state index contributed by atoms with van der Waals surface area (Å²) in [5.41, 5.74) is -3.44. The molecule has 0 saturated heterocycles. The molecule has 0 fully saturated rings. The lowest BCUT2D eigenvalue weighted by molar-refractivity contribution is -0.157. The summed E-state index contributed by atoms with van der Waals surface area (Å²) >= 11 is 0. The number of aromatic nitrogens is 1. The van der Waals surface area contributed by atoms with E-state index in [4.69, 9.17) is 14.2 Å². The van der Waals surface area contributed by atoms with Crippen molar-refractivity contribution < 1.29 is 50.0 Å². The topological polar surface area (TPSA) is 79.1 Å². The first-order valence-corrected chi connectivity index (χ1v) is 12.4. The van der Waals surface area contributed by atoms with Crippen molar-refractivity contribution in [1.82, 2.24) is 4.48 Å². The highest BCUT2D eigenvalue weighted by Crippen LogP contribution is 2.39. The molecular formula is C26H25BF6N2O5. The van der Waals surface area contributed by atoms with Crippen LogP contribution in [0.5, 0.6) is 5.75 Å².